The second kappa shape index (κ2) is 5.49. The Morgan fingerprint density at radius 2 is 1.45 bits per heavy atom. The molecule has 0 amide bonds. The molecule has 0 aliphatic carbocycles. The van der Waals surface area contributed by atoms with Gasteiger partial charge in [0.15, 0.2) is 6.29 Å². The lowest BCUT2D eigenvalue weighted by Gasteiger charge is -2.56. The molecule has 7 heteroatoms. The molecule has 0 saturated carbocycles. The fourth-order valence-electron chi connectivity index (χ4n) is 2.64. The smallest absolute Gasteiger partial charge is 0.220 e. The van der Waals surface area contributed by atoms with E-state index >= 15 is 0 Å². The molecular formula is C13H24O7. The van der Waals surface area contributed by atoms with Crippen LogP contribution in [0.15, 0.2) is 0 Å². The van der Waals surface area contributed by atoms with E-state index in [4.69, 9.17) is 28.4 Å². The van der Waals surface area contributed by atoms with E-state index in [2.05, 4.69) is 0 Å². The van der Waals surface area contributed by atoms with Gasteiger partial charge < -0.3 is 33.5 Å². The normalized spacial score (nSPS) is 52.6. The van der Waals surface area contributed by atoms with E-state index in [1.807, 2.05) is 0 Å². The predicted molar refractivity (Wildman–Crippen MR) is 67.9 cm³/mol. The van der Waals surface area contributed by atoms with Crippen molar-refractivity contribution in [3.05, 3.63) is 0 Å². The van der Waals surface area contributed by atoms with E-state index in [1.165, 1.54) is 21.3 Å². The standard InChI is InChI=1S/C13H24O7/c1-7-8(14)9-10(11(15-4)18-7)20-13(3,17-6)12(2,16-5)19-9/h7-11,14H,1-6H3/t7?,8-,9?,10?,11-,12?,13?/m1/s1. The Morgan fingerprint density at radius 3 is 1.90 bits per heavy atom. The van der Waals surface area contributed by atoms with Crippen molar-refractivity contribution in [3.63, 3.8) is 0 Å². The molecule has 7 nitrogen and oxygen atoms in total. The first kappa shape index (κ1) is 16.1. The molecule has 7 atom stereocenters. The first-order chi connectivity index (χ1) is 9.31. The highest BCUT2D eigenvalue weighted by Crippen LogP contribution is 2.43. The van der Waals surface area contributed by atoms with Gasteiger partial charge in [0, 0.05) is 21.3 Å². The van der Waals surface area contributed by atoms with Crippen molar-refractivity contribution in [2.45, 2.75) is 63.1 Å². The number of hydrogen-bond acceptors (Lipinski definition) is 7. The summed E-state index contributed by atoms with van der Waals surface area (Å²) in [5, 5.41) is 10.3. The number of aliphatic hydroxyl groups is 1. The van der Waals surface area contributed by atoms with Crippen LogP contribution in [0.25, 0.3) is 0 Å². The van der Waals surface area contributed by atoms with Gasteiger partial charge in [0.2, 0.25) is 11.6 Å². The van der Waals surface area contributed by atoms with Gasteiger partial charge in [-0.3, -0.25) is 0 Å². The van der Waals surface area contributed by atoms with Crippen LogP contribution in [0, 0.1) is 0 Å². The fraction of sp³-hybridized carbons (Fsp3) is 1.00. The van der Waals surface area contributed by atoms with Gasteiger partial charge in [0.25, 0.3) is 0 Å². The van der Waals surface area contributed by atoms with Crippen molar-refractivity contribution >= 4 is 0 Å². The molecule has 0 bridgehead atoms. The summed E-state index contributed by atoms with van der Waals surface area (Å²) in [5.74, 6) is -2.30. The zero-order chi connectivity index (χ0) is 15.1. The highest BCUT2D eigenvalue weighted by molar-refractivity contribution is 4.98. The van der Waals surface area contributed by atoms with Crippen LogP contribution < -0.4 is 0 Å². The molecule has 2 heterocycles. The monoisotopic (exact) mass is 292 g/mol. The quantitative estimate of drug-likeness (QED) is 0.799. The Hall–Kier alpha value is -0.280. The summed E-state index contributed by atoms with van der Waals surface area (Å²) in [6, 6.07) is 0. The van der Waals surface area contributed by atoms with E-state index in [9.17, 15) is 5.11 Å². The highest BCUT2D eigenvalue weighted by atomic mass is 16.8. The van der Waals surface area contributed by atoms with Crippen molar-refractivity contribution in [1.29, 1.82) is 0 Å². The van der Waals surface area contributed by atoms with Crippen LogP contribution >= 0.6 is 0 Å². The average molecular weight is 292 g/mol. The summed E-state index contributed by atoms with van der Waals surface area (Å²) >= 11 is 0. The van der Waals surface area contributed by atoms with Gasteiger partial charge in [-0.2, -0.15) is 0 Å². The Kier molecular flexibility index (Phi) is 4.42. The number of rotatable bonds is 3. The van der Waals surface area contributed by atoms with Gasteiger partial charge in [-0.25, -0.2) is 0 Å². The Labute approximate surface area is 119 Å². The maximum Gasteiger partial charge on any atom is 0.220 e. The lowest BCUT2D eigenvalue weighted by Crippen LogP contribution is -2.72. The lowest BCUT2D eigenvalue weighted by molar-refractivity contribution is -0.482. The van der Waals surface area contributed by atoms with Gasteiger partial charge in [0.1, 0.15) is 18.3 Å². The van der Waals surface area contributed by atoms with Gasteiger partial charge in [-0.1, -0.05) is 0 Å². The number of fused-ring (bicyclic) bond motifs is 1. The maximum atomic E-state index is 10.3. The molecule has 2 aliphatic heterocycles. The molecule has 2 rings (SSSR count). The first-order valence-corrected chi connectivity index (χ1v) is 6.64. The SMILES string of the molecule is CO[C@@H]1OC(C)[C@@H](O)C2OC(C)(OC)C(C)(OC)OC21. The molecule has 2 aliphatic rings. The van der Waals surface area contributed by atoms with Crippen LogP contribution in [0.3, 0.4) is 0 Å². The summed E-state index contributed by atoms with van der Waals surface area (Å²) in [6.45, 7) is 5.18. The van der Waals surface area contributed by atoms with Crippen LogP contribution in [-0.2, 0) is 28.4 Å². The molecule has 5 unspecified atom stereocenters. The van der Waals surface area contributed by atoms with Gasteiger partial charge in [-0.05, 0) is 20.8 Å². The fourth-order valence-corrected chi connectivity index (χ4v) is 2.64. The number of aliphatic hydroxyl groups excluding tert-OH is 1. The first-order valence-electron chi connectivity index (χ1n) is 6.64. The molecule has 0 aromatic rings. The zero-order valence-corrected chi connectivity index (χ0v) is 12.8. The largest absolute Gasteiger partial charge is 0.388 e. The highest BCUT2D eigenvalue weighted by Gasteiger charge is 2.61. The van der Waals surface area contributed by atoms with Crippen molar-refractivity contribution in [1.82, 2.24) is 0 Å². The van der Waals surface area contributed by atoms with E-state index < -0.39 is 42.3 Å². The van der Waals surface area contributed by atoms with Gasteiger partial charge in [0.05, 0.1) is 6.10 Å². The summed E-state index contributed by atoms with van der Waals surface area (Å²) < 4.78 is 33.7. The third-order valence-corrected chi connectivity index (χ3v) is 4.32. The van der Waals surface area contributed by atoms with Crippen molar-refractivity contribution in [3.8, 4) is 0 Å². The van der Waals surface area contributed by atoms with E-state index in [1.54, 1.807) is 20.8 Å². The van der Waals surface area contributed by atoms with Crippen LogP contribution in [-0.4, -0.2) is 68.7 Å². The van der Waals surface area contributed by atoms with Crippen LogP contribution in [0.2, 0.25) is 0 Å². The lowest BCUT2D eigenvalue weighted by atomic mass is 9.95. The topological polar surface area (TPSA) is 75.6 Å². The van der Waals surface area contributed by atoms with Crippen molar-refractivity contribution < 1.29 is 33.5 Å². The third kappa shape index (κ3) is 2.27. The minimum absolute atomic E-state index is 0.433. The molecule has 20 heavy (non-hydrogen) atoms. The Morgan fingerprint density at radius 1 is 0.950 bits per heavy atom. The molecule has 0 aromatic carbocycles. The van der Waals surface area contributed by atoms with Gasteiger partial charge in [-0.15, -0.1) is 0 Å². The van der Waals surface area contributed by atoms with E-state index in [-0.39, 0.29) is 0 Å². The summed E-state index contributed by atoms with van der Waals surface area (Å²) in [6.07, 6.45) is -3.16. The molecular weight excluding hydrogens is 268 g/mol. The Bertz CT molecular complexity index is 334. The molecule has 0 spiro atoms. The minimum Gasteiger partial charge on any atom is -0.388 e. The third-order valence-electron chi connectivity index (χ3n) is 4.32. The second-order valence-electron chi connectivity index (χ2n) is 5.40. The minimum atomic E-state index is -1.15. The van der Waals surface area contributed by atoms with Crippen molar-refractivity contribution in [2.24, 2.45) is 0 Å². The van der Waals surface area contributed by atoms with E-state index in [0.717, 1.165) is 0 Å². The van der Waals surface area contributed by atoms with Gasteiger partial charge >= 0.3 is 0 Å². The number of hydrogen-bond donors (Lipinski definition) is 1. The van der Waals surface area contributed by atoms with Crippen LogP contribution in [0.5, 0.6) is 0 Å². The summed E-state index contributed by atoms with van der Waals surface area (Å²) in [5.41, 5.74) is 0. The molecule has 2 fully saturated rings. The number of ether oxygens (including phenoxy) is 6. The summed E-state index contributed by atoms with van der Waals surface area (Å²) in [7, 11) is 4.53. The Balaban J connectivity index is 2.33. The zero-order valence-electron chi connectivity index (χ0n) is 12.8. The maximum absolute atomic E-state index is 10.3. The number of methoxy groups -OCH3 is 3. The molecule has 0 radical (unpaired) electrons. The predicted octanol–water partition coefficient (Wildman–Crippen LogP) is 0.248. The summed E-state index contributed by atoms with van der Waals surface area (Å²) in [4.78, 5) is 0. The molecule has 118 valence electrons. The van der Waals surface area contributed by atoms with Crippen LogP contribution in [0.1, 0.15) is 20.8 Å². The van der Waals surface area contributed by atoms with Crippen molar-refractivity contribution in [2.75, 3.05) is 21.3 Å². The molecule has 1 N–H and O–H groups in total. The average Bonchev–Trinajstić information content (AvgIpc) is 2.45. The second-order valence-corrected chi connectivity index (χ2v) is 5.40. The van der Waals surface area contributed by atoms with E-state index in [0.29, 0.717) is 0 Å². The molecule has 0 aromatic heterocycles. The van der Waals surface area contributed by atoms with Crippen LogP contribution in [0.4, 0.5) is 0 Å². The molecule has 2 saturated heterocycles.